The Labute approximate surface area is 169 Å². The fourth-order valence-corrected chi connectivity index (χ4v) is 3.38. The average Bonchev–Trinajstić information content (AvgIpc) is 2.79. The van der Waals surface area contributed by atoms with E-state index in [0.717, 1.165) is 22.5 Å². The zero-order chi connectivity index (χ0) is 19.6. The van der Waals surface area contributed by atoms with Crippen LogP contribution in [0.15, 0.2) is 91.4 Å². The summed E-state index contributed by atoms with van der Waals surface area (Å²) < 4.78 is 0. The van der Waals surface area contributed by atoms with Crippen LogP contribution in [0.5, 0.6) is 0 Å². The molecule has 2 heterocycles. The van der Waals surface area contributed by atoms with Crippen molar-refractivity contribution in [3.05, 3.63) is 97.0 Å². The lowest BCUT2D eigenvalue weighted by Crippen LogP contribution is -1.97. The van der Waals surface area contributed by atoms with Crippen LogP contribution in [-0.4, -0.2) is 19.9 Å². The smallest absolute Gasteiger partial charge is 0.181 e. The Bertz CT molecular complexity index is 1280. The lowest BCUT2D eigenvalue weighted by Gasteiger charge is -2.11. The second-order valence-electron chi connectivity index (χ2n) is 6.96. The maximum Gasteiger partial charge on any atom is 0.181 e. The molecule has 3 aromatic carbocycles. The molecule has 0 atom stereocenters. The number of rotatable bonds is 3. The van der Waals surface area contributed by atoms with Crippen LogP contribution in [0.4, 0.5) is 0 Å². The molecule has 0 N–H and O–H groups in total. The topological polar surface area (TPSA) is 51.6 Å². The van der Waals surface area contributed by atoms with Crippen LogP contribution in [0.25, 0.3) is 44.8 Å². The summed E-state index contributed by atoms with van der Waals surface area (Å²) in [6.45, 7) is 2.10. The maximum atomic E-state index is 4.85. The van der Waals surface area contributed by atoms with Gasteiger partial charge in [0, 0.05) is 11.1 Å². The molecule has 0 aliphatic rings. The van der Waals surface area contributed by atoms with Crippen molar-refractivity contribution < 1.29 is 0 Å². The Balaban J connectivity index is 1.64. The molecule has 138 valence electrons. The van der Waals surface area contributed by atoms with Crippen molar-refractivity contribution in [2.75, 3.05) is 0 Å². The number of hydrogen-bond acceptors (Lipinski definition) is 4. The van der Waals surface area contributed by atoms with Crippen molar-refractivity contribution in [1.29, 1.82) is 0 Å². The first kappa shape index (κ1) is 17.2. The summed E-state index contributed by atoms with van der Waals surface area (Å²) in [5, 5.41) is 0. The van der Waals surface area contributed by atoms with Gasteiger partial charge in [-0.05, 0) is 18.1 Å². The van der Waals surface area contributed by atoms with Gasteiger partial charge in [-0.25, -0.2) is 19.9 Å². The maximum absolute atomic E-state index is 4.85. The Morgan fingerprint density at radius 3 is 1.90 bits per heavy atom. The molecule has 0 radical (unpaired) electrons. The van der Waals surface area contributed by atoms with E-state index < -0.39 is 0 Å². The summed E-state index contributed by atoms with van der Waals surface area (Å²) in [6.07, 6.45) is 3.20. The highest BCUT2D eigenvalue weighted by Crippen LogP contribution is 2.31. The minimum atomic E-state index is 0.596. The number of aryl methyl sites for hydroxylation is 1. The third kappa shape index (κ3) is 3.36. The van der Waals surface area contributed by atoms with E-state index >= 15 is 0 Å². The lowest BCUT2D eigenvalue weighted by atomic mass is 9.99. The molecular weight excluding hydrogens is 356 g/mol. The first-order valence-electron chi connectivity index (χ1n) is 9.48. The summed E-state index contributed by atoms with van der Waals surface area (Å²) in [6, 6.07) is 27.1. The summed E-state index contributed by atoms with van der Waals surface area (Å²) in [4.78, 5) is 18.0. The normalized spacial score (nSPS) is 10.9. The minimum Gasteiger partial charge on any atom is -0.242 e. The van der Waals surface area contributed by atoms with Gasteiger partial charge >= 0.3 is 0 Å². The van der Waals surface area contributed by atoms with Crippen LogP contribution < -0.4 is 0 Å². The van der Waals surface area contributed by atoms with Gasteiger partial charge in [0.2, 0.25) is 0 Å². The Hall–Kier alpha value is -3.92. The van der Waals surface area contributed by atoms with Gasteiger partial charge in [0.05, 0.1) is 17.6 Å². The van der Waals surface area contributed by atoms with E-state index in [0.29, 0.717) is 11.2 Å². The number of nitrogens with zero attached hydrogens (tertiary/aromatic N) is 4. The predicted octanol–water partition coefficient (Wildman–Crippen LogP) is 5.73. The largest absolute Gasteiger partial charge is 0.242 e. The SMILES string of the molecule is Cc1ccc(-c2ccc(-c3nc4cncnc4nc3-c3ccccc3)cc2)cc1. The number of hydrogen-bond donors (Lipinski definition) is 0. The molecule has 0 bridgehead atoms. The Morgan fingerprint density at radius 2 is 1.17 bits per heavy atom. The van der Waals surface area contributed by atoms with Crippen LogP contribution in [0.1, 0.15) is 5.56 Å². The van der Waals surface area contributed by atoms with Crippen molar-refractivity contribution in [3.8, 4) is 33.6 Å². The fraction of sp³-hybridized carbons (Fsp3) is 0.0400. The van der Waals surface area contributed by atoms with Crippen molar-refractivity contribution in [1.82, 2.24) is 19.9 Å². The number of fused-ring (bicyclic) bond motifs is 1. The molecule has 5 rings (SSSR count). The average molecular weight is 374 g/mol. The van der Waals surface area contributed by atoms with Crippen molar-refractivity contribution in [2.24, 2.45) is 0 Å². The van der Waals surface area contributed by atoms with Gasteiger partial charge in [0.1, 0.15) is 11.8 Å². The number of benzene rings is 3. The summed E-state index contributed by atoms with van der Waals surface area (Å²) in [5.41, 5.74) is 8.58. The van der Waals surface area contributed by atoms with Gasteiger partial charge in [-0.3, -0.25) is 0 Å². The van der Waals surface area contributed by atoms with Gasteiger partial charge < -0.3 is 0 Å². The quantitative estimate of drug-likeness (QED) is 0.405. The van der Waals surface area contributed by atoms with Crippen LogP contribution in [-0.2, 0) is 0 Å². The Morgan fingerprint density at radius 1 is 0.586 bits per heavy atom. The van der Waals surface area contributed by atoms with Crippen LogP contribution in [0, 0.1) is 6.92 Å². The van der Waals surface area contributed by atoms with Gasteiger partial charge in [-0.1, -0.05) is 84.4 Å². The second kappa shape index (κ2) is 7.24. The van der Waals surface area contributed by atoms with E-state index in [1.807, 2.05) is 30.3 Å². The third-order valence-corrected chi connectivity index (χ3v) is 4.94. The van der Waals surface area contributed by atoms with E-state index in [1.54, 1.807) is 6.20 Å². The van der Waals surface area contributed by atoms with Gasteiger partial charge in [0.15, 0.2) is 5.65 Å². The highest BCUT2D eigenvalue weighted by atomic mass is 15.0. The molecule has 0 amide bonds. The second-order valence-corrected chi connectivity index (χ2v) is 6.96. The van der Waals surface area contributed by atoms with Crippen LogP contribution in [0.2, 0.25) is 0 Å². The molecule has 0 fully saturated rings. The first-order valence-corrected chi connectivity index (χ1v) is 9.48. The molecule has 5 aromatic rings. The van der Waals surface area contributed by atoms with Crippen molar-refractivity contribution in [2.45, 2.75) is 6.92 Å². The molecule has 0 saturated carbocycles. The van der Waals surface area contributed by atoms with Gasteiger partial charge in [-0.15, -0.1) is 0 Å². The lowest BCUT2D eigenvalue weighted by molar-refractivity contribution is 1.15. The fourth-order valence-electron chi connectivity index (χ4n) is 3.38. The van der Waals surface area contributed by atoms with E-state index in [2.05, 4.69) is 65.4 Å². The zero-order valence-corrected chi connectivity index (χ0v) is 15.9. The van der Waals surface area contributed by atoms with E-state index in [1.165, 1.54) is 23.0 Å². The molecule has 4 heteroatoms. The van der Waals surface area contributed by atoms with E-state index in [-0.39, 0.29) is 0 Å². The van der Waals surface area contributed by atoms with Gasteiger partial charge in [0.25, 0.3) is 0 Å². The molecule has 0 aliphatic carbocycles. The van der Waals surface area contributed by atoms with Crippen LogP contribution in [0.3, 0.4) is 0 Å². The zero-order valence-electron chi connectivity index (χ0n) is 15.9. The van der Waals surface area contributed by atoms with Crippen LogP contribution >= 0.6 is 0 Å². The molecule has 0 aliphatic heterocycles. The van der Waals surface area contributed by atoms with E-state index in [4.69, 9.17) is 9.97 Å². The van der Waals surface area contributed by atoms with Crippen molar-refractivity contribution in [3.63, 3.8) is 0 Å². The summed E-state index contributed by atoms with van der Waals surface area (Å²) >= 11 is 0. The van der Waals surface area contributed by atoms with E-state index in [9.17, 15) is 0 Å². The molecule has 29 heavy (non-hydrogen) atoms. The molecule has 2 aromatic heterocycles. The Kier molecular flexibility index (Phi) is 4.30. The number of aromatic nitrogens is 4. The molecular formula is C25H18N4. The van der Waals surface area contributed by atoms with Gasteiger partial charge in [-0.2, -0.15) is 0 Å². The molecule has 4 nitrogen and oxygen atoms in total. The summed E-state index contributed by atoms with van der Waals surface area (Å²) in [7, 11) is 0. The standard InChI is InChI=1S/C25H18N4/c1-17-7-9-18(10-8-17)19-11-13-21(14-12-19)23-24(20-5-3-2-4-6-20)29-25-22(28-23)15-26-16-27-25/h2-16H,1H3. The highest BCUT2D eigenvalue weighted by molar-refractivity contribution is 5.84. The summed E-state index contributed by atoms with van der Waals surface area (Å²) in [5.74, 6) is 0. The van der Waals surface area contributed by atoms with Crippen molar-refractivity contribution >= 4 is 11.2 Å². The predicted molar refractivity (Wildman–Crippen MR) is 116 cm³/mol. The molecule has 0 saturated heterocycles. The monoisotopic (exact) mass is 374 g/mol. The molecule has 0 unspecified atom stereocenters. The third-order valence-electron chi connectivity index (χ3n) is 4.94. The highest BCUT2D eigenvalue weighted by Gasteiger charge is 2.14. The first-order chi connectivity index (χ1) is 14.3. The minimum absolute atomic E-state index is 0.596. The molecule has 0 spiro atoms.